The lowest BCUT2D eigenvalue weighted by molar-refractivity contribution is -0.118. The first-order valence-electron chi connectivity index (χ1n) is 9.45. The number of H-pyrrole nitrogens is 1. The van der Waals surface area contributed by atoms with Crippen LogP contribution in [0.2, 0.25) is 15.1 Å². The number of carbonyl (C=O) groups excluding carboxylic acids is 1. The third kappa shape index (κ3) is 4.79. The van der Waals surface area contributed by atoms with Gasteiger partial charge in [0.1, 0.15) is 11.6 Å². The normalized spacial score (nSPS) is 11.0. The van der Waals surface area contributed by atoms with E-state index in [0.717, 1.165) is 27.7 Å². The molecule has 5 nitrogen and oxygen atoms in total. The number of rotatable bonds is 5. The molecule has 8 heteroatoms. The van der Waals surface area contributed by atoms with Gasteiger partial charge in [-0.15, -0.1) is 0 Å². The van der Waals surface area contributed by atoms with Crippen LogP contribution in [0.1, 0.15) is 11.1 Å². The van der Waals surface area contributed by atoms with Crippen LogP contribution in [-0.4, -0.2) is 22.5 Å². The van der Waals surface area contributed by atoms with Crippen LogP contribution in [0.4, 0.5) is 5.69 Å². The van der Waals surface area contributed by atoms with E-state index < -0.39 is 0 Å². The number of fused-ring (bicyclic) bond motifs is 1. The molecule has 0 saturated carbocycles. The molecule has 0 radical (unpaired) electrons. The van der Waals surface area contributed by atoms with Crippen LogP contribution in [-0.2, 0) is 4.79 Å². The summed E-state index contributed by atoms with van der Waals surface area (Å²) in [7, 11) is 0. The van der Waals surface area contributed by atoms with Crippen LogP contribution >= 0.6 is 34.8 Å². The van der Waals surface area contributed by atoms with Crippen molar-refractivity contribution in [2.75, 3.05) is 11.9 Å². The summed E-state index contributed by atoms with van der Waals surface area (Å²) in [6, 6.07) is 14.5. The Kier molecular flexibility index (Phi) is 6.10. The van der Waals surface area contributed by atoms with Crippen LogP contribution in [0.25, 0.3) is 22.4 Å². The van der Waals surface area contributed by atoms with Crippen LogP contribution in [0.5, 0.6) is 5.75 Å². The number of hydrogen-bond acceptors (Lipinski definition) is 3. The lowest BCUT2D eigenvalue weighted by Gasteiger charge is -2.12. The van der Waals surface area contributed by atoms with Gasteiger partial charge in [0.2, 0.25) is 0 Å². The number of benzene rings is 3. The molecule has 0 aliphatic heterocycles. The van der Waals surface area contributed by atoms with Gasteiger partial charge in [-0.1, -0.05) is 46.9 Å². The monoisotopic (exact) mass is 473 g/mol. The molecule has 0 spiro atoms. The van der Waals surface area contributed by atoms with Gasteiger partial charge in [-0.05, 0) is 61.4 Å². The van der Waals surface area contributed by atoms with Crippen LogP contribution in [0, 0.1) is 13.8 Å². The molecular formula is C23H18Cl3N3O2. The molecule has 0 aliphatic carbocycles. The number of ether oxygens (including phenoxy) is 1. The average Bonchev–Trinajstić information content (AvgIpc) is 3.10. The molecule has 0 saturated heterocycles. The molecule has 0 aliphatic rings. The van der Waals surface area contributed by atoms with Crippen LogP contribution < -0.4 is 10.1 Å². The summed E-state index contributed by atoms with van der Waals surface area (Å²) in [4.78, 5) is 20.3. The van der Waals surface area contributed by atoms with Crippen molar-refractivity contribution in [2.45, 2.75) is 13.8 Å². The van der Waals surface area contributed by atoms with E-state index in [-0.39, 0.29) is 12.5 Å². The number of aromatic amines is 1. The second-order valence-corrected chi connectivity index (χ2v) is 8.41. The largest absolute Gasteiger partial charge is 0.482 e. The summed E-state index contributed by atoms with van der Waals surface area (Å²) in [5.41, 5.74) is 4.87. The van der Waals surface area contributed by atoms with Gasteiger partial charge in [0.15, 0.2) is 6.61 Å². The number of anilines is 1. The van der Waals surface area contributed by atoms with Crippen molar-refractivity contribution >= 4 is 57.4 Å². The Morgan fingerprint density at radius 1 is 1.03 bits per heavy atom. The number of aryl methyl sites for hydroxylation is 2. The quantitative estimate of drug-likeness (QED) is 0.333. The van der Waals surface area contributed by atoms with Crippen molar-refractivity contribution in [3.8, 4) is 17.1 Å². The fourth-order valence-corrected chi connectivity index (χ4v) is 4.03. The Morgan fingerprint density at radius 2 is 1.84 bits per heavy atom. The number of imidazole rings is 1. The minimum atomic E-state index is -0.311. The SMILES string of the molecule is Cc1cc2[nH]c(-c3cccc(NC(=O)COc4c(C)cc(Cl)cc4Cl)c3)nc2cc1Cl. The molecule has 31 heavy (non-hydrogen) atoms. The summed E-state index contributed by atoms with van der Waals surface area (Å²) >= 11 is 18.3. The van der Waals surface area contributed by atoms with E-state index in [0.29, 0.717) is 32.3 Å². The molecule has 1 amide bonds. The van der Waals surface area contributed by atoms with E-state index >= 15 is 0 Å². The third-order valence-corrected chi connectivity index (χ3v) is 5.63. The van der Waals surface area contributed by atoms with Crippen molar-refractivity contribution in [3.05, 3.63) is 74.7 Å². The zero-order valence-corrected chi connectivity index (χ0v) is 19.0. The predicted molar refractivity (Wildman–Crippen MR) is 127 cm³/mol. The molecule has 2 N–H and O–H groups in total. The van der Waals surface area contributed by atoms with E-state index in [4.69, 9.17) is 39.5 Å². The zero-order valence-electron chi connectivity index (χ0n) is 16.7. The minimum absolute atomic E-state index is 0.186. The fourth-order valence-electron chi connectivity index (χ4n) is 3.23. The fraction of sp³-hybridized carbons (Fsp3) is 0.130. The molecule has 4 aromatic rings. The van der Waals surface area contributed by atoms with E-state index in [1.54, 1.807) is 18.2 Å². The summed E-state index contributed by atoms with van der Waals surface area (Å²) in [6.45, 7) is 3.57. The maximum Gasteiger partial charge on any atom is 0.262 e. The Hall–Kier alpha value is -2.73. The van der Waals surface area contributed by atoms with E-state index in [2.05, 4.69) is 15.3 Å². The van der Waals surface area contributed by atoms with E-state index in [1.807, 2.05) is 44.2 Å². The van der Waals surface area contributed by atoms with Gasteiger partial charge in [0.05, 0.1) is 16.1 Å². The van der Waals surface area contributed by atoms with Crippen molar-refractivity contribution in [1.82, 2.24) is 9.97 Å². The van der Waals surface area contributed by atoms with Crippen LogP contribution in [0.3, 0.4) is 0 Å². The number of amides is 1. The first kappa shape index (κ1) is 21.5. The number of nitrogens with zero attached hydrogens (tertiary/aromatic N) is 1. The summed E-state index contributed by atoms with van der Waals surface area (Å²) in [5, 5.41) is 4.37. The summed E-state index contributed by atoms with van der Waals surface area (Å²) in [5.74, 6) is 0.813. The molecular weight excluding hydrogens is 457 g/mol. The van der Waals surface area contributed by atoms with Gasteiger partial charge in [-0.25, -0.2) is 4.98 Å². The van der Waals surface area contributed by atoms with Crippen molar-refractivity contribution < 1.29 is 9.53 Å². The number of hydrogen-bond donors (Lipinski definition) is 2. The average molecular weight is 475 g/mol. The zero-order chi connectivity index (χ0) is 22.1. The molecule has 1 aromatic heterocycles. The molecule has 3 aromatic carbocycles. The second kappa shape index (κ2) is 8.79. The highest BCUT2D eigenvalue weighted by Gasteiger charge is 2.12. The van der Waals surface area contributed by atoms with Gasteiger partial charge in [-0.2, -0.15) is 0 Å². The van der Waals surface area contributed by atoms with Gasteiger partial charge < -0.3 is 15.0 Å². The summed E-state index contributed by atoms with van der Waals surface area (Å²) < 4.78 is 5.60. The van der Waals surface area contributed by atoms with Crippen molar-refractivity contribution in [1.29, 1.82) is 0 Å². The molecule has 0 bridgehead atoms. The predicted octanol–water partition coefficient (Wildman–Crippen LogP) is 6.82. The second-order valence-electron chi connectivity index (χ2n) is 7.16. The van der Waals surface area contributed by atoms with Gasteiger partial charge in [0.25, 0.3) is 5.91 Å². The molecule has 0 atom stereocenters. The molecule has 4 rings (SSSR count). The van der Waals surface area contributed by atoms with Gasteiger partial charge in [0, 0.05) is 21.3 Å². The van der Waals surface area contributed by atoms with Gasteiger partial charge in [-0.3, -0.25) is 4.79 Å². The standard InChI is InChI=1S/C23H18Cl3N3O2/c1-12-7-19-20(10-17(12)25)29-23(28-19)14-4-3-5-16(8-14)27-21(30)11-31-22-13(2)6-15(24)9-18(22)26/h3-10H,11H2,1-2H3,(H,27,30)(H,28,29). The molecule has 0 unspecified atom stereocenters. The lowest BCUT2D eigenvalue weighted by atomic mass is 10.2. The number of aromatic nitrogens is 2. The number of halogens is 3. The summed E-state index contributed by atoms with van der Waals surface area (Å²) in [6.07, 6.45) is 0. The Morgan fingerprint density at radius 3 is 2.61 bits per heavy atom. The number of carbonyl (C=O) groups is 1. The topological polar surface area (TPSA) is 67.0 Å². The molecule has 158 valence electrons. The first-order valence-corrected chi connectivity index (χ1v) is 10.6. The van der Waals surface area contributed by atoms with Crippen molar-refractivity contribution in [2.24, 2.45) is 0 Å². The van der Waals surface area contributed by atoms with Crippen LogP contribution in [0.15, 0.2) is 48.5 Å². The van der Waals surface area contributed by atoms with Crippen molar-refractivity contribution in [3.63, 3.8) is 0 Å². The Balaban J connectivity index is 1.48. The third-order valence-electron chi connectivity index (χ3n) is 4.72. The Labute approximate surface area is 194 Å². The first-order chi connectivity index (χ1) is 14.8. The van der Waals surface area contributed by atoms with E-state index in [9.17, 15) is 4.79 Å². The molecule has 1 heterocycles. The Bertz CT molecular complexity index is 1240. The molecule has 0 fully saturated rings. The highest BCUT2D eigenvalue weighted by atomic mass is 35.5. The highest BCUT2D eigenvalue weighted by Crippen LogP contribution is 2.32. The smallest absolute Gasteiger partial charge is 0.262 e. The van der Waals surface area contributed by atoms with E-state index in [1.165, 1.54) is 0 Å². The van der Waals surface area contributed by atoms with Gasteiger partial charge >= 0.3 is 0 Å². The minimum Gasteiger partial charge on any atom is -0.482 e. The lowest BCUT2D eigenvalue weighted by Crippen LogP contribution is -2.20. The highest BCUT2D eigenvalue weighted by molar-refractivity contribution is 6.35. The number of nitrogens with one attached hydrogen (secondary N) is 2. The maximum atomic E-state index is 12.4. The maximum absolute atomic E-state index is 12.4.